The van der Waals surface area contributed by atoms with E-state index >= 15 is 0 Å². The molecule has 28 heavy (non-hydrogen) atoms. The van der Waals surface area contributed by atoms with Crippen molar-refractivity contribution in [1.29, 1.82) is 0 Å². The fraction of sp³-hybridized carbons (Fsp3) is 0.143. The molecule has 0 radical (unpaired) electrons. The molecule has 0 amide bonds. The maximum atomic E-state index is 2.36. The van der Waals surface area contributed by atoms with E-state index in [0.717, 1.165) is 6.42 Å². The molecule has 0 N–H and O–H groups in total. The van der Waals surface area contributed by atoms with E-state index in [1.165, 1.54) is 55.6 Å². The fourth-order valence-corrected chi connectivity index (χ4v) is 5.78. The van der Waals surface area contributed by atoms with E-state index in [1.54, 1.807) is 0 Å². The molecule has 6 rings (SSSR count). The smallest absolute Gasteiger partial charge is 0.0620 e. The van der Waals surface area contributed by atoms with Gasteiger partial charge in [-0.25, -0.2) is 0 Å². The highest BCUT2D eigenvalue weighted by molar-refractivity contribution is 5.90. The van der Waals surface area contributed by atoms with Gasteiger partial charge in [0.25, 0.3) is 0 Å². The monoisotopic (exact) mass is 358 g/mol. The van der Waals surface area contributed by atoms with Gasteiger partial charge in [0, 0.05) is 0 Å². The third-order valence-electron chi connectivity index (χ3n) is 6.83. The van der Waals surface area contributed by atoms with Gasteiger partial charge in [0.2, 0.25) is 0 Å². The summed E-state index contributed by atoms with van der Waals surface area (Å²) >= 11 is 0. The molecule has 0 nitrogen and oxygen atoms in total. The molecule has 2 aliphatic rings. The van der Waals surface area contributed by atoms with Crippen LogP contribution in [0.3, 0.4) is 0 Å². The first kappa shape index (κ1) is 15.9. The first-order valence-electron chi connectivity index (χ1n) is 10.1. The van der Waals surface area contributed by atoms with E-state index in [1.807, 2.05) is 0 Å². The molecule has 0 aromatic heterocycles. The maximum absolute atomic E-state index is 2.36. The topological polar surface area (TPSA) is 0 Å². The Bertz CT molecular complexity index is 1160. The highest BCUT2D eigenvalue weighted by Crippen LogP contribution is 2.60. The zero-order chi connectivity index (χ0) is 18.9. The molecule has 0 fully saturated rings. The van der Waals surface area contributed by atoms with E-state index in [9.17, 15) is 0 Å². The van der Waals surface area contributed by atoms with Crippen LogP contribution in [0.4, 0.5) is 0 Å². The number of rotatable bonds is 0. The van der Waals surface area contributed by atoms with Crippen LogP contribution in [0, 0.1) is 13.8 Å². The van der Waals surface area contributed by atoms with Gasteiger partial charge in [-0.05, 0) is 75.9 Å². The summed E-state index contributed by atoms with van der Waals surface area (Å²) in [7, 11) is 0. The number of fused-ring (bicyclic) bond motifs is 9. The lowest BCUT2D eigenvalue weighted by atomic mass is 9.61. The van der Waals surface area contributed by atoms with Crippen molar-refractivity contribution in [3.63, 3.8) is 0 Å². The Morgan fingerprint density at radius 1 is 0.500 bits per heavy atom. The third-order valence-corrected chi connectivity index (χ3v) is 6.83. The summed E-state index contributed by atoms with van der Waals surface area (Å²) in [5.74, 6) is 0. The quantitative estimate of drug-likeness (QED) is 0.288. The second kappa shape index (κ2) is 5.45. The average Bonchev–Trinajstić information content (AvgIpc) is 3.02. The average molecular weight is 358 g/mol. The van der Waals surface area contributed by atoms with Crippen molar-refractivity contribution in [3.05, 3.63) is 129 Å². The lowest BCUT2D eigenvalue weighted by Gasteiger charge is -2.40. The molecule has 2 aliphatic carbocycles. The molecular formula is C28H22. The van der Waals surface area contributed by atoms with E-state index in [4.69, 9.17) is 0 Å². The lowest BCUT2D eigenvalue weighted by molar-refractivity contribution is 0.721. The highest BCUT2D eigenvalue weighted by atomic mass is 14.5. The Kier molecular flexibility index (Phi) is 3.09. The normalized spacial score (nSPS) is 14.9. The standard InChI is InChI=1S/C28H22/c1-18-9-7-15-24-26(18)27-19(2)10-8-16-25(27)28(24)22-13-5-3-11-20(22)17-21-12-4-6-14-23(21)28/h3-16H,17H2,1-2H3. The van der Waals surface area contributed by atoms with E-state index in [2.05, 4.69) is 98.8 Å². The van der Waals surface area contributed by atoms with Crippen LogP contribution in [-0.2, 0) is 11.8 Å². The van der Waals surface area contributed by atoms with Crippen LogP contribution in [-0.4, -0.2) is 0 Å². The summed E-state index contributed by atoms with van der Waals surface area (Å²) in [6, 6.07) is 31.8. The maximum Gasteiger partial charge on any atom is 0.0719 e. The molecule has 4 aromatic carbocycles. The molecule has 0 bridgehead atoms. The SMILES string of the molecule is Cc1cccc2c1-c1c(C)cccc1C21c2ccccc2Cc2ccccc21. The predicted molar refractivity (Wildman–Crippen MR) is 116 cm³/mol. The summed E-state index contributed by atoms with van der Waals surface area (Å²) in [4.78, 5) is 0. The van der Waals surface area contributed by atoms with Crippen molar-refractivity contribution in [3.8, 4) is 11.1 Å². The van der Waals surface area contributed by atoms with Gasteiger partial charge in [0.05, 0.1) is 5.41 Å². The minimum atomic E-state index is -0.214. The van der Waals surface area contributed by atoms with Gasteiger partial charge in [-0.15, -0.1) is 0 Å². The molecule has 4 aromatic rings. The van der Waals surface area contributed by atoms with Crippen LogP contribution < -0.4 is 0 Å². The zero-order valence-electron chi connectivity index (χ0n) is 16.3. The van der Waals surface area contributed by atoms with Crippen LogP contribution in [0.25, 0.3) is 11.1 Å². The molecule has 0 heteroatoms. The third kappa shape index (κ3) is 1.76. The van der Waals surface area contributed by atoms with Crippen LogP contribution in [0.15, 0.2) is 84.9 Å². The first-order chi connectivity index (χ1) is 13.7. The first-order valence-corrected chi connectivity index (χ1v) is 10.1. The van der Waals surface area contributed by atoms with Crippen molar-refractivity contribution in [2.45, 2.75) is 25.7 Å². The van der Waals surface area contributed by atoms with Gasteiger partial charge in [-0.3, -0.25) is 0 Å². The van der Waals surface area contributed by atoms with Crippen LogP contribution in [0.5, 0.6) is 0 Å². The summed E-state index contributed by atoms with van der Waals surface area (Å²) in [5, 5.41) is 0. The van der Waals surface area contributed by atoms with Gasteiger partial charge < -0.3 is 0 Å². The van der Waals surface area contributed by atoms with Gasteiger partial charge in [0.15, 0.2) is 0 Å². The Hall–Kier alpha value is -3.12. The van der Waals surface area contributed by atoms with Crippen LogP contribution >= 0.6 is 0 Å². The van der Waals surface area contributed by atoms with Crippen molar-refractivity contribution < 1.29 is 0 Å². The van der Waals surface area contributed by atoms with Gasteiger partial charge in [0.1, 0.15) is 0 Å². The van der Waals surface area contributed by atoms with Crippen molar-refractivity contribution in [2.75, 3.05) is 0 Å². The van der Waals surface area contributed by atoms with Gasteiger partial charge >= 0.3 is 0 Å². The number of aryl methyl sites for hydroxylation is 2. The van der Waals surface area contributed by atoms with Crippen LogP contribution in [0.2, 0.25) is 0 Å². The summed E-state index contributed by atoms with van der Waals surface area (Å²) in [6.45, 7) is 4.52. The van der Waals surface area contributed by atoms with E-state index in [0.29, 0.717) is 0 Å². The van der Waals surface area contributed by atoms with Crippen molar-refractivity contribution in [1.82, 2.24) is 0 Å². The zero-order valence-corrected chi connectivity index (χ0v) is 16.3. The highest BCUT2D eigenvalue weighted by Gasteiger charge is 2.50. The van der Waals surface area contributed by atoms with Crippen molar-refractivity contribution >= 4 is 0 Å². The van der Waals surface area contributed by atoms with Gasteiger partial charge in [-0.1, -0.05) is 84.9 Å². The predicted octanol–water partition coefficient (Wildman–Crippen LogP) is 6.57. The second-order valence-electron chi connectivity index (χ2n) is 8.24. The van der Waals surface area contributed by atoms with E-state index < -0.39 is 0 Å². The summed E-state index contributed by atoms with van der Waals surface area (Å²) in [6.07, 6.45) is 1.01. The summed E-state index contributed by atoms with van der Waals surface area (Å²) in [5.41, 5.74) is 14.1. The number of benzene rings is 4. The molecule has 0 aliphatic heterocycles. The fourth-order valence-electron chi connectivity index (χ4n) is 5.78. The Morgan fingerprint density at radius 3 is 1.43 bits per heavy atom. The molecule has 0 unspecified atom stereocenters. The van der Waals surface area contributed by atoms with E-state index in [-0.39, 0.29) is 5.41 Å². The molecule has 0 atom stereocenters. The molecule has 134 valence electrons. The Labute approximate surface area is 166 Å². The Morgan fingerprint density at radius 2 is 0.929 bits per heavy atom. The minimum absolute atomic E-state index is 0.214. The second-order valence-corrected chi connectivity index (χ2v) is 8.24. The molecule has 0 saturated heterocycles. The molecule has 1 spiro atoms. The van der Waals surface area contributed by atoms with Crippen molar-refractivity contribution in [2.24, 2.45) is 0 Å². The molecule has 0 saturated carbocycles. The number of hydrogen-bond acceptors (Lipinski definition) is 0. The minimum Gasteiger partial charge on any atom is -0.0620 e. The molecular weight excluding hydrogens is 336 g/mol. The van der Waals surface area contributed by atoms with Gasteiger partial charge in [-0.2, -0.15) is 0 Å². The largest absolute Gasteiger partial charge is 0.0719 e. The van der Waals surface area contributed by atoms with Crippen LogP contribution in [0.1, 0.15) is 44.5 Å². The summed E-state index contributed by atoms with van der Waals surface area (Å²) < 4.78 is 0. The lowest BCUT2D eigenvalue weighted by Crippen LogP contribution is -2.34. The molecule has 0 heterocycles. The Balaban J connectivity index is 1.89. The number of hydrogen-bond donors (Lipinski definition) is 0.